The first-order valence-electron chi connectivity index (χ1n) is 6.52. The Morgan fingerprint density at radius 1 is 1.53 bits per heavy atom. The van der Waals surface area contributed by atoms with Crippen molar-refractivity contribution in [1.29, 1.82) is 5.26 Å². The minimum atomic E-state index is 0.0587. The van der Waals surface area contributed by atoms with Crippen LogP contribution in [0.4, 0.5) is 0 Å². The predicted octanol–water partition coefficient (Wildman–Crippen LogP) is 1.53. The van der Waals surface area contributed by atoms with Gasteiger partial charge >= 0.3 is 0 Å². The van der Waals surface area contributed by atoms with Gasteiger partial charge in [0.05, 0.1) is 12.5 Å². The fraction of sp³-hybridized carbons (Fsp3) is 0.846. The summed E-state index contributed by atoms with van der Waals surface area (Å²) in [5.74, 6) is 0.665. The maximum Gasteiger partial charge on any atom is 0.216 e. The summed E-state index contributed by atoms with van der Waals surface area (Å²) in [7, 11) is 0. The molecule has 1 aliphatic rings. The van der Waals surface area contributed by atoms with Crippen molar-refractivity contribution >= 4 is 5.91 Å². The summed E-state index contributed by atoms with van der Waals surface area (Å²) in [6.07, 6.45) is 3.93. The van der Waals surface area contributed by atoms with Gasteiger partial charge < -0.3 is 5.32 Å². The number of rotatable bonds is 5. The molecular weight excluding hydrogens is 214 g/mol. The molecule has 0 aromatic heterocycles. The normalized spacial score (nSPS) is 19.6. The average Bonchev–Trinajstić information content (AvgIpc) is 2.34. The third-order valence-corrected chi connectivity index (χ3v) is 3.60. The van der Waals surface area contributed by atoms with Crippen LogP contribution in [0.3, 0.4) is 0 Å². The molecule has 1 amide bonds. The Morgan fingerprint density at radius 3 is 2.65 bits per heavy atom. The van der Waals surface area contributed by atoms with E-state index in [9.17, 15) is 4.79 Å². The number of amides is 1. The first kappa shape index (κ1) is 14.0. The molecule has 0 bridgehead atoms. The molecule has 4 nitrogen and oxygen atoms in total. The molecule has 1 atom stereocenters. The van der Waals surface area contributed by atoms with E-state index in [4.69, 9.17) is 5.26 Å². The summed E-state index contributed by atoms with van der Waals surface area (Å²) >= 11 is 0. The number of nitrogens with one attached hydrogen (secondary N) is 1. The van der Waals surface area contributed by atoms with Crippen LogP contribution in [0.5, 0.6) is 0 Å². The Bertz CT molecular complexity index is 277. The summed E-state index contributed by atoms with van der Waals surface area (Å²) in [6.45, 7) is 6.63. The molecule has 1 aliphatic heterocycles. The molecule has 1 rings (SSSR count). The molecule has 1 unspecified atom stereocenters. The van der Waals surface area contributed by atoms with Gasteiger partial charge in [-0.15, -0.1) is 0 Å². The molecule has 0 aliphatic carbocycles. The number of nitrogens with zero attached hydrogens (tertiary/aromatic N) is 2. The van der Waals surface area contributed by atoms with Gasteiger partial charge in [-0.25, -0.2) is 0 Å². The minimum Gasteiger partial charge on any atom is -0.356 e. The van der Waals surface area contributed by atoms with E-state index in [1.165, 1.54) is 0 Å². The van der Waals surface area contributed by atoms with E-state index in [-0.39, 0.29) is 5.91 Å². The van der Waals surface area contributed by atoms with Crippen LogP contribution in [0.25, 0.3) is 0 Å². The fourth-order valence-electron chi connectivity index (χ4n) is 2.45. The van der Waals surface area contributed by atoms with Gasteiger partial charge in [-0.05, 0) is 38.3 Å². The molecule has 0 saturated carbocycles. The van der Waals surface area contributed by atoms with Crippen LogP contribution in [-0.4, -0.2) is 36.5 Å². The van der Waals surface area contributed by atoms with E-state index in [1.54, 1.807) is 6.92 Å². The van der Waals surface area contributed by atoms with Crippen molar-refractivity contribution in [3.63, 3.8) is 0 Å². The van der Waals surface area contributed by atoms with Crippen molar-refractivity contribution in [2.45, 2.75) is 45.6 Å². The van der Waals surface area contributed by atoms with Gasteiger partial charge in [0, 0.05) is 19.5 Å². The molecule has 4 heteroatoms. The molecule has 96 valence electrons. The maximum atomic E-state index is 10.8. The van der Waals surface area contributed by atoms with Crippen LogP contribution in [0.1, 0.15) is 39.5 Å². The van der Waals surface area contributed by atoms with Crippen LogP contribution >= 0.6 is 0 Å². The largest absolute Gasteiger partial charge is 0.356 e. The standard InChI is InChI=1S/C13H23N3O/c1-3-13(4-7-14)16-8-5-12(6-9-16)10-15-11(2)17/h12-13H,3-6,8-10H2,1-2H3,(H,15,17). The number of piperidine rings is 1. The SMILES string of the molecule is CCC(CC#N)N1CCC(CNC(C)=O)CC1. The van der Waals surface area contributed by atoms with Crippen LogP contribution in [0.2, 0.25) is 0 Å². The molecule has 0 radical (unpaired) electrons. The molecular formula is C13H23N3O. The second kappa shape index (κ2) is 7.29. The minimum absolute atomic E-state index is 0.0587. The van der Waals surface area contributed by atoms with Crippen LogP contribution < -0.4 is 5.32 Å². The molecule has 1 saturated heterocycles. The molecule has 17 heavy (non-hydrogen) atoms. The number of likely N-dealkylation sites (tertiary alicyclic amines) is 1. The van der Waals surface area contributed by atoms with Crippen molar-refractivity contribution < 1.29 is 4.79 Å². The Kier molecular flexibility index (Phi) is 5.99. The summed E-state index contributed by atoms with van der Waals surface area (Å²) < 4.78 is 0. The highest BCUT2D eigenvalue weighted by atomic mass is 16.1. The highest BCUT2D eigenvalue weighted by Gasteiger charge is 2.23. The average molecular weight is 237 g/mol. The van der Waals surface area contributed by atoms with Gasteiger partial charge in [0.15, 0.2) is 0 Å². The summed E-state index contributed by atoms with van der Waals surface area (Å²) in [4.78, 5) is 13.3. The predicted molar refractivity (Wildman–Crippen MR) is 67.3 cm³/mol. The highest BCUT2D eigenvalue weighted by Crippen LogP contribution is 2.20. The number of hydrogen-bond acceptors (Lipinski definition) is 3. The van der Waals surface area contributed by atoms with E-state index >= 15 is 0 Å². The van der Waals surface area contributed by atoms with E-state index < -0.39 is 0 Å². The van der Waals surface area contributed by atoms with E-state index in [2.05, 4.69) is 23.2 Å². The first-order chi connectivity index (χ1) is 8.17. The van der Waals surface area contributed by atoms with Crippen LogP contribution in [0, 0.1) is 17.2 Å². The van der Waals surface area contributed by atoms with E-state index in [1.807, 2.05) is 0 Å². The topological polar surface area (TPSA) is 56.1 Å². The van der Waals surface area contributed by atoms with Crippen molar-refractivity contribution in [2.75, 3.05) is 19.6 Å². The zero-order valence-electron chi connectivity index (χ0n) is 10.9. The second-order valence-corrected chi connectivity index (χ2v) is 4.84. The summed E-state index contributed by atoms with van der Waals surface area (Å²) in [6, 6.07) is 2.69. The smallest absolute Gasteiger partial charge is 0.216 e. The lowest BCUT2D eigenvalue weighted by atomic mass is 9.94. The zero-order valence-corrected chi connectivity index (χ0v) is 10.9. The number of carbonyl (C=O) groups excluding carboxylic acids is 1. The lowest BCUT2D eigenvalue weighted by molar-refractivity contribution is -0.119. The first-order valence-corrected chi connectivity index (χ1v) is 6.52. The molecule has 1 fully saturated rings. The molecule has 1 heterocycles. The highest BCUT2D eigenvalue weighted by molar-refractivity contribution is 5.72. The van der Waals surface area contributed by atoms with Crippen molar-refractivity contribution in [1.82, 2.24) is 10.2 Å². The van der Waals surface area contributed by atoms with E-state index in [0.29, 0.717) is 18.4 Å². The van der Waals surface area contributed by atoms with Gasteiger partial charge in [0.1, 0.15) is 0 Å². The third-order valence-electron chi connectivity index (χ3n) is 3.60. The number of nitriles is 1. The van der Waals surface area contributed by atoms with Crippen molar-refractivity contribution in [3.05, 3.63) is 0 Å². The molecule has 0 aromatic rings. The second-order valence-electron chi connectivity index (χ2n) is 4.84. The van der Waals surface area contributed by atoms with Gasteiger partial charge in [0.2, 0.25) is 5.91 Å². The third kappa shape index (κ3) is 4.74. The number of hydrogen-bond donors (Lipinski definition) is 1. The quantitative estimate of drug-likeness (QED) is 0.789. The van der Waals surface area contributed by atoms with E-state index in [0.717, 1.165) is 38.9 Å². The molecule has 0 aromatic carbocycles. The van der Waals surface area contributed by atoms with Crippen molar-refractivity contribution in [3.8, 4) is 6.07 Å². The van der Waals surface area contributed by atoms with Gasteiger partial charge in [0.25, 0.3) is 0 Å². The molecule has 1 N–H and O–H groups in total. The lowest BCUT2D eigenvalue weighted by Gasteiger charge is -2.36. The number of carbonyl (C=O) groups is 1. The monoisotopic (exact) mass is 237 g/mol. The van der Waals surface area contributed by atoms with Gasteiger partial charge in [-0.2, -0.15) is 5.26 Å². The summed E-state index contributed by atoms with van der Waals surface area (Å²) in [5.41, 5.74) is 0. The van der Waals surface area contributed by atoms with Crippen LogP contribution in [-0.2, 0) is 4.79 Å². The van der Waals surface area contributed by atoms with Gasteiger partial charge in [-0.1, -0.05) is 6.92 Å². The van der Waals surface area contributed by atoms with Crippen molar-refractivity contribution in [2.24, 2.45) is 5.92 Å². The van der Waals surface area contributed by atoms with Gasteiger partial charge in [-0.3, -0.25) is 9.69 Å². The Morgan fingerprint density at radius 2 is 2.18 bits per heavy atom. The fourth-order valence-corrected chi connectivity index (χ4v) is 2.45. The Balaban J connectivity index is 2.29. The Labute approximate surface area is 104 Å². The van der Waals surface area contributed by atoms with Crippen LogP contribution in [0.15, 0.2) is 0 Å². The summed E-state index contributed by atoms with van der Waals surface area (Å²) in [5, 5.41) is 11.7. The maximum absolute atomic E-state index is 10.8. The lowest BCUT2D eigenvalue weighted by Crippen LogP contribution is -2.43. The Hall–Kier alpha value is -1.08. The zero-order chi connectivity index (χ0) is 12.7. The molecule has 0 spiro atoms.